The van der Waals surface area contributed by atoms with Crippen LogP contribution in [0.4, 0.5) is 5.69 Å². The number of fused-ring (bicyclic) bond motifs is 1. The van der Waals surface area contributed by atoms with Crippen molar-refractivity contribution in [3.05, 3.63) is 52.0 Å². The normalized spacial score (nSPS) is 16.9. The number of benzene rings is 2. The van der Waals surface area contributed by atoms with Gasteiger partial charge in [0.05, 0.1) is 6.54 Å². The molecule has 0 aliphatic carbocycles. The number of ether oxygens (including phenoxy) is 2. The van der Waals surface area contributed by atoms with E-state index in [2.05, 4.69) is 21.2 Å². The number of amides is 1. The fraction of sp³-hybridized carbons (Fsp3) is 0.350. The second kappa shape index (κ2) is 8.57. The Morgan fingerprint density at radius 1 is 0.929 bits per heavy atom. The fourth-order valence-electron chi connectivity index (χ4n) is 3.43. The van der Waals surface area contributed by atoms with Crippen molar-refractivity contribution in [3.8, 4) is 11.5 Å². The first-order valence-electron chi connectivity index (χ1n) is 9.14. The molecule has 2 heterocycles. The van der Waals surface area contributed by atoms with Crippen LogP contribution in [-0.2, 0) is 11.3 Å². The Hall–Kier alpha value is -1.99. The lowest BCUT2D eigenvalue weighted by Crippen LogP contribution is -2.48. The molecule has 0 atom stereocenters. The molecule has 28 heavy (non-hydrogen) atoms. The fourth-order valence-corrected chi connectivity index (χ4v) is 3.96. The van der Waals surface area contributed by atoms with Crippen LogP contribution in [0.25, 0.3) is 0 Å². The molecule has 1 fully saturated rings. The largest absolute Gasteiger partial charge is 0.454 e. The number of piperazine rings is 1. The first-order valence-corrected chi connectivity index (χ1v) is 9.90. The van der Waals surface area contributed by atoms with Crippen LogP contribution >= 0.6 is 23.2 Å². The van der Waals surface area contributed by atoms with Crippen LogP contribution in [0, 0.1) is 0 Å². The molecule has 1 saturated heterocycles. The van der Waals surface area contributed by atoms with Crippen LogP contribution < -0.4 is 14.8 Å². The molecule has 0 spiro atoms. The molecule has 0 saturated carbocycles. The van der Waals surface area contributed by atoms with Crippen molar-refractivity contribution in [2.75, 3.05) is 44.8 Å². The summed E-state index contributed by atoms with van der Waals surface area (Å²) in [5, 5.41) is 3.86. The molecule has 6 nitrogen and oxygen atoms in total. The van der Waals surface area contributed by atoms with Crippen LogP contribution in [0.2, 0.25) is 10.0 Å². The summed E-state index contributed by atoms with van der Waals surface area (Å²) in [5.74, 6) is 1.55. The standard InChI is InChI=1S/C20H21Cl2N3O3/c21-15-8-16(22)10-17(9-15)23-20(26)12-25-5-3-24(4-6-25)11-14-1-2-18-19(7-14)28-13-27-18/h1-2,7-10H,3-6,11-13H2,(H,23,26). The Morgan fingerprint density at radius 2 is 1.61 bits per heavy atom. The summed E-state index contributed by atoms with van der Waals surface area (Å²) in [4.78, 5) is 16.8. The number of anilines is 1. The molecule has 148 valence electrons. The van der Waals surface area contributed by atoms with E-state index < -0.39 is 0 Å². The van der Waals surface area contributed by atoms with E-state index in [4.69, 9.17) is 32.7 Å². The van der Waals surface area contributed by atoms with E-state index in [0.717, 1.165) is 44.2 Å². The van der Waals surface area contributed by atoms with E-state index in [1.165, 1.54) is 5.56 Å². The Kier molecular flexibility index (Phi) is 5.92. The lowest BCUT2D eigenvalue weighted by atomic mass is 10.1. The second-order valence-electron chi connectivity index (χ2n) is 6.95. The average Bonchev–Trinajstić information content (AvgIpc) is 3.10. The van der Waals surface area contributed by atoms with Gasteiger partial charge in [0.1, 0.15) is 0 Å². The topological polar surface area (TPSA) is 54.0 Å². The number of nitrogens with zero attached hydrogens (tertiary/aromatic N) is 2. The molecule has 1 amide bonds. The van der Waals surface area contributed by atoms with Gasteiger partial charge in [-0.1, -0.05) is 29.3 Å². The highest BCUT2D eigenvalue weighted by atomic mass is 35.5. The maximum Gasteiger partial charge on any atom is 0.238 e. The molecule has 0 aromatic heterocycles. The van der Waals surface area contributed by atoms with Crippen molar-refractivity contribution in [3.63, 3.8) is 0 Å². The van der Waals surface area contributed by atoms with Gasteiger partial charge in [-0.15, -0.1) is 0 Å². The SMILES string of the molecule is O=C(CN1CCN(Cc2ccc3c(c2)OCO3)CC1)Nc1cc(Cl)cc(Cl)c1. The van der Waals surface area contributed by atoms with Gasteiger partial charge in [-0.3, -0.25) is 14.6 Å². The van der Waals surface area contributed by atoms with Crippen LogP contribution in [0.5, 0.6) is 11.5 Å². The Labute approximate surface area is 173 Å². The summed E-state index contributed by atoms with van der Waals surface area (Å²) in [6, 6.07) is 11.1. The van der Waals surface area contributed by atoms with Gasteiger partial charge in [0, 0.05) is 48.5 Å². The third-order valence-corrected chi connectivity index (χ3v) is 5.26. The third-order valence-electron chi connectivity index (χ3n) is 4.82. The van der Waals surface area contributed by atoms with Gasteiger partial charge in [-0.2, -0.15) is 0 Å². The summed E-state index contributed by atoms with van der Waals surface area (Å²) in [6.07, 6.45) is 0. The van der Waals surface area contributed by atoms with Crippen molar-refractivity contribution < 1.29 is 14.3 Å². The van der Waals surface area contributed by atoms with Crippen molar-refractivity contribution >= 4 is 34.8 Å². The molecule has 2 aliphatic rings. The second-order valence-corrected chi connectivity index (χ2v) is 7.82. The van der Waals surface area contributed by atoms with E-state index in [0.29, 0.717) is 29.1 Å². The molecule has 0 radical (unpaired) electrons. The number of carbonyl (C=O) groups is 1. The molecule has 2 aromatic carbocycles. The first-order chi connectivity index (χ1) is 13.5. The van der Waals surface area contributed by atoms with Gasteiger partial charge in [0.25, 0.3) is 0 Å². The number of nitrogens with one attached hydrogen (secondary N) is 1. The smallest absolute Gasteiger partial charge is 0.238 e. The first kappa shape index (κ1) is 19.3. The third kappa shape index (κ3) is 4.89. The Morgan fingerprint density at radius 3 is 2.36 bits per heavy atom. The molecular formula is C20H21Cl2N3O3. The summed E-state index contributed by atoms with van der Waals surface area (Å²) in [6.45, 7) is 5.00. The van der Waals surface area contributed by atoms with Gasteiger partial charge in [-0.05, 0) is 35.9 Å². The van der Waals surface area contributed by atoms with E-state index >= 15 is 0 Å². The highest BCUT2D eigenvalue weighted by molar-refractivity contribution is 6.35. The predicted octanol–water partition coefficient (Wildman–Crippen LogP) is 3.48. The highest BCUT2D eigenvalue weighted by Gasteiger charge is 2.20. The van der Waals surface area contributed by atoms with E-state index in [1.807, 2.05) is 12.1 Å². The molecule has 2 aliphatic heterocycles. The minimum atomic E-state index is -0.0671. The molecule has 8 heteroatoms. The van der Waals surface area contributed by atoms with Crippen molar-refractivity contribution in [1.82, 2.24) is 9.80 Å². The molecule has 2 aromatic rings. The van der Waals surface area contributed by atoms with Crippen LogP contribution in [0.15, 0.2) is 36.4 Å². The molecule has 4 rings (SSSR count). The maximum atomic E-state index is 12.3. The summed E-state index contributed by atoms with van der Waals surface area (Å²) >= 11 is 11.9. The van der Waals surface area contributed by atoms with Crippen molar-refractivity contribution in [2.45, 2.75) is 6.54 Å². The maximum absolute atomic E-state index is 12.3. The summed E-state index contributed by atoms with van der Waals surface area (Å²) < 4.78 is 10.8. The minimum absolute atomic E-state index is 0.0671. The lowest BCUT2D eigenvalue weighted by molar-refractivity contribution is -0.117. The van der Waals surface area contributed by atoms with Gasteiger partial charge < -0.3 is 14.8 Å². The van der Waals surface area contributed by atoms with Crippen LogP contribution in [0.1, 0.15) is 5.56 Å². The molecular weight excluding hydrogens is 401 g/mol. The molecule has 0 bridgehead atoms. The number of halogens is 2. The van der Waals surface area contributed by atoms with Gasteiger partial charge in [-0.25, -0.2) is 0 Å². The zero-order valence-corrected chi connectivity index (χ0v) is 16.8. The number of hydrogen-bond acceptors (Lipinski definition) is 5. The molecule has 0 unspecified atom stereocenters. The Bertz CT molecular complexity index is 850. The average molecular weight is 422 g/mol. The van der Waals surface area contributed by atoms with Crippen molar-refractivity contribution in [2.24, 2.45) is 0 Å². The zero-order valence-electron chi connectivity index (χ0n) is 15.3. The van der Waals surface area contributed by atoms with E-state index in [1.54, 1.807) is 18.2 Å². The number of hydrogen-bond donors (Lipinski definition) is 1. The summed E-state index contributed by atoms with van der Waals surface area (Å²) in [5.41, 5.74) is 1.82. The number of rotatable bonds is 5. The molecule has 1 N–H and O–H groups in total. The minimum Gasteiger partial charge on any atom is -0.454 e. The lowest BCUT2D eigenvalue weighted by Gasteiger charge is -2.34. The van der Waals surface area contributed by atoms with Gasteiger partial charge >= 0.3 is 0 Å². The van der Waals surface area contributed by atoms with E-state index in [-0.39, 0.29) is 5.91 Å². The van der Waals surface area contributed by atoms with Gasteiger partial charge in [0.2, 0.25) is 12.7 Å². The summed E-state index contributed by atoms with van der Waals surface area (Å²) in [7, 11) is 0. The number of carbonyl (C=O) groups excluding carboxylic acids is 1. The quantitative estimate of drug-likeness (QED) is 0.800. The van der Waals surface area contributed by atoms with Gasteiger partial charge in [0.15, 0.2) is 11.5 Å². The Balaban J connectivity index is 1.24. The van der Waals surface area contributed by atoms with Crippen LogP contribution in [0.3, 0.4) is 0 Å². The van der Waals surface area contributed by atoms with E-state index in [9.17, 15) is 4.79 Å². The predicted molar refractivity (Wildman–Crippen MR) is 109 cm³/mol. The highest BCUT2D eigenvalue weighted by Crippen LogP contribution is 2.32. The zero-order chi connectivity index (χ0) is 19.5. The van der Waals surface area contributed by atoms with Crippen LogP contribution in [-0.4, -0.2) is 55.2 Å². The van der Waals surface area contributed by atoms with Crippen molar-refractivity contribution in [1.29, 1.82) is 0 Å². The monoisotopic (exact) mass is 421 g/mol.